The van der Waals surface area contributed by atoms with Crippen molar-refractivity contribution in [2.24, 2.45) is 0 Å². The Morgan fingerprint density at radius 1 is 1.08 bits per heavy atom. The summed E-state index contributed by atoms with van der Waals surface area (Å²) in [7, 11) is 0. The van der Waals surface area contributed by atoms with Crippen LogP contribution in [-0.2, 0) is 0 Å². The van der Waals surface area contributed by atoms with Gasteiger partial charge in [-0.1, -0.05) is 30.3 Å². The van der Waals surface area contributed by atoms with Crippen LogP contribution in [-0.4, -0.2) is 55.0 Å². The zero-order valence-corrected chi connectivity index (χ0v) is 15.5. The van der Waals surface area contributed by atoms with Crippen molar-refractivity contribution in [2.45, 2.75) is 19.3 Å². The lowest BCUT2D eigenvalue weighted by atomic mass is 10.1. The van der Waals surface area contributed by atoms with Gasteiger partial charge in [0.2, 0.25) is 0 Å². The molecule has 2 rings (SSSR count). The molecule has 0 aliphatic carbocycles. The van der Waals surface area contributed by atoms with Crippen molar-refractivity contribution in [3.05, 3.63) is 35.9 Å². The van der Waals surface area contributed by atoms with Gasteiger partial charge >= 0.3 is 0 Å². The lowest BCUT2D eigenvalue weighted by Gasteiger charge is -2.34. The quantitative estimate of drug-likeness (QED) is 0.431. The average molecular weight is 373 g/mol. The molecule has 0 bridgehead atoms. The van der Waals surface area contributed by atoms with Gasteiger partial charge in [0.05, 0.1) is 12.6 Å². The van der Waals surface area contributed by atoms with E-state index in [9.17, 15) is 4.79 Å². The Morgan fingerprint density at radius 3 is 2.38 bits per heavy atom. The second-order valence-electron chi connectivity index (χ2n) is 5.57. The van der Waals surface area contributed by atoms with E-state index < -0.39 is 0 Å². The third kappa shape index (κ3) is 8.09. The molecule has 0 spiro atoms. The number of hydrogen-bond donors (Lipinski definition) is 1. The number of nitrogens with one attached hydrogen (secondary N) is 1. The molecule has 1 aromatic rings. The number of nitriles is 1. The lowest BCUT2D eigenvalue weighted by molar-refractivity contribution is 0.0915. The molecule has 1 saturated heterocycles. The molecule has 0 unspecified atom stereocenters. The van der Waals surface area contributed by atoms with Gasteiger partial charge in [0.15, 0.2) is 5.78 Å². The molecule has 0 radical (unpaired) electrons. The summed E-state index contributed by atoms with van der Waals surface area (Å²) in [6, 6.07) is 11.6. The Hall–Kier alpha value is -1.16. The molecule has 1 heterocycles. The van der Waals surface area contributed by atoms with Gasteiger partial charge in [-0.15, -0.1) is 24.8 Å². The molecule has 134 valence electrons. The highest BCUT2D eigenvalue weighted by molar-refractivity contribution is 5.95. The number of carbonyl (C=O) groups excluding carboxylic acids is 1. The Morgan fingerprint density at radius 2 is 1.75 bits per heavy atom. The van der Waals surface area contributed by atoms with Crippen LogP contribution in [0.4, 0.5) is 0 Å². The molecule has 0 atom stereocenters. The Balaban J connectivity index is 0.00000264. The highest BCUT2D eigenvalue weighted by Gasteiger charge is 2.15. The molecule has 24 heavy (non-hydrogen) atoms. The van der Waals surface area contributed by atoms with Crippen molar-refractivity contribution in [3.63, 3.8) is 0 Å². The number of rotatable bonds is 8. The summed E-state index contributed by atoms with van der Waals surface area (Å²) in [5.41, 5.74) is 3.91. The topological polar surface area (TPSA) is 59.4 Å². The highest BCUT2D eigenvalue weighted by Crippen LogP contribution is 2.08. The normalized spacial score (nSPS) is 15.0. The van der Waals surface area contributed by atoms with Gasteiger partial charge in [0, 0.05) is 38.2 Å². The molecule has 0 amide bonds. The van der Waals surface area contributed by atoms with E-state index in [1.807, 2.05) is 30.3 Å². The summed E-state index contributed by atoms with van der Waals surface area (Å²) in [5.74, 6) is 0.242. The molecular formula is C17H26Cl2N4O. The van der Waals surface area contributed by atoms with Crippen LogP contribution < -0.4 is 5.43 Å². The van der Waals surface area contributed by atoms with Gasteiger partial charge in [-0.2, -0.15) is 5.26 Å². The van der Waals surface area contributed by atoms with Crippen molar-refractivity contribution in [3.8, 4) is 6.07 Å². The predicted octanol–water partition coefficient (Wildman–Crippen LogP) is 2.53. The molecule has 1 aromatic carbocycles. The van der Waals surface area contributed by atoms with Gasteiger partial charge in [-0.3, -0.25) is 4.79 Å². The Bertz CT molecular complexity index is 499. The van der Waals surface area contributed by atoms with Crippen molar-refractivity contribution < 1.29 is 4.79 Å². The van der Waals surface area contributed by atoms with Crippen LogP contribution in [0.15, 0.2) is 30.3 Å². The van der Waals surface area contributed by atoms with Crippen molar-refractivity contribution in [1.29, 1.82) is 5.26 Å². The first-order valence-electron chi connectivity index (χ1n) is 7.95. The van der Waals surface area contributed by atoms with Crippen LogP contribution in [0, 0.1) is 11.3 Å². The zero-order chi connectivity index (χ0) is 15.6. The largest absolute Gasteiger partial charge is 0.301 e. The van der Waals surface area contributed by atoms with Gasteiger partial charge in [0.1, 0.15) is 0 Å². The van der Waals surface area contributed by atoms with E-state index in [0.717, 1.165) is 51.1 Å². The summed E-state index contributed by atoms with van der Waals surface area (Å²) < 4.78 is 0. The Labute approximate surface area is 156 Å². The highest BCUT2D eigenvalue weighted by atomic mass is 35.5. The van der Waals surface area contributed by atoms with E-state index in [-0.39, 0.29) is 30.6 Å². The number of carbonyl (C=O) groups is 1. The van der Waals surface area contributed by atoms with E-state index in [4.69, 9.17) is 5.26 Å². The van der Waals surface area contributed by atoms with Crippen LogP contribution in [0.1, 0.15) is 29.6 Å². The Kier molecular flexibility index (Phi) is 12.5. The van der Waals surface area contributed by atoms with Crippen molar-refractivity contribution in [1.82, 2.24) is 15.3 Å². The maximum absolute atomic E-state index is 12.0. The monoisotopic (exact) mass is 372 g/mol. The van der Waals surface area contributed by atoms with E-state index >= 15 is 0 Å². The first-order chi connectivity index (χ1) is 10.8. The fourth-order valence-electron chi connectivity index (χ4n) is 2.67. The number of hydrogen-bond acceptors (Lipinski definition) is 5. The van der Waals surface area contributed by atoms with Crippen LogP contribution in [0.3, 0.4) is 0 Å². The molecule has 1 N–H and O–H groups in total. The molecular weight excluding hydrogens is 347 g/mol. The molecule has 1 aliphatic rings. The number of ketones is 1. The number of unbranched alkanes of at least 4 members (excludes halogenated alkanes) is 1. The third-order valence-electron chi connectivity index (χ3n) is 3.98. The summed E-state index contributed by atoms with van der Waals surface area (Å²) in [4.78, 5) is 14.4. The molecule has 0 aromatic heterocycles. The van der Waals surface area contributed by atoms with Gasteiger partial charge in [-0.25, -0.2) is 10.4 Å². The number of hydrazine groups is 1. The fourth-order valence-corrected chi connectivity index (χ4v) is 2.67. The minimum absolute atomic E-state index is 0. The predicted molar refractivity (Wildman–Crippen MR) is 101 cm³/mol. The molecule has 0 saturated carbocycles. The van der Waals surface area contributed by atoms with Gasteiger partial charge < -0.3 is 4.90 Å². The standard InChI is InChI=1S/C17H24N4O.2ClH/c18-9-10-19-21-14-12-20(13-15-21)11-5-4-8-17(22)16-6-2-1-3-7-16;;/h1-3,6-7,19H,4-5,8,10-15H2;2*1H. The number of Topliss-reactive ketones (excluding diaryl/α,β-unsaturated/α-hetero) is 1. The zero-order valence-electron chi connectivity index (χ0n) is 13.8. The number of piperazine rings is 1. The van der Waals surface area contributed by atoms with Gasteiger partial charge in [0.25, 0.3) is 0 Å². The first kappa shape index (κ1) is 22.8. The molecule has 1 aliphatic heterocycles. The minimum Gasteiger partial charge on any atom is -0.301 e. The summed E-state index contributed by atoms with van der Waals surface area (Å²) in [6.07, 6.45) is 2.64. The fraction of sp³-hybridized carbons (Fsp3) is 0.529. The smallest absolute Gasteiger partial charge is 0.162 e. The van der Waals surface area contributed by atoms with E-state index in [1.54, 1.807) is 0 Å². The number of benzene rings is 1. The first-order valence-corrected chi connectivity index (χ1v) is 7.95. The number of halogens is 2. The van der Waals surface area contributed by atoms with Crippen LogP contribution in [0.25, 0.3) is 0 Å². The van der Waals surface area contributed by atoms with E-state index in [0.29, 0.717) is 13.0 Å². The minimum atomic E-state index is 0. The van der Waals surface area contributed by atoms with Crippen LogP contribution in [0.5, 0.6) is 0 Å². The van der Waals surface area contributed by atoms with Crippen molar-refractivity contribution >= 4 is 30.6 Å². The second kappa shape index (κ2) is 13.2. The van der Waals surface area contributed by atoms with E-state index in [1.165, 1.54) is 0 Å². The maximum atomic E-state index is 12.0. The maximum Gasteiger partial charge on any atom is 0.162 e. The van der Waals surface area contributed by atoms with E-state index in [2.05, 4.69) is 21.4 Å². The second-order valence-corrected chi connectivity index (χ2v) is 5.57. The molecule has 1 fully saturated rings. The number of nitrogens with zero attached hydrogens (tertiary/aromatic N) is 3. The molecule has 7 heteroatoms. The summed E-state index contributed by atoms with van der Waals surface area (Å²) in [6.45, 7) is 5.36. The van der Waals surface area contributed by atoms with Crippen LogP contribution >= 0.6 is 24.8 Å². The molecule has 5 nitrogen and oxygen atoms in total. The summed E-state index contributed by atoms with van der Waals surface area (Å²) >= 11 is 0. The SMILES string of the molecule is Cl.Cl.N#CCNN1CCN(CCCCC(=O)c2ccccc2)CC1. The summed E-state index contributed by atoms with van der Waals surface area (Å²) in [5, 5.41) is 10.7. The lowest BCUT2D eigenvalue weighted by Crippen LogP contribution is -2.52. The third-order valence-corrected chi connectivity index (χ3v) is 3.98. The average Bonchev–Trinajstić information content (AvgIpc) is 2.58. The van der Waals surface area contributed by atoms with Crippen LogP contribution in [0.2, 0.25) is 0 Å². The van der Waals surface area contributed by atoms with Crippen molar-refractivity contribution in [2.75, 3.05) is 39.3 Å². The van der Waals surface area contributed by atoms with Gasteiger partial charge in [-0.05, 0) is 19.4 Å².